The molecule has 0 saturated carbocycles. The Kier molecular flexibility index (Phi) is 4.76. The lowest BCUT2D eigenvalue weighted by atomic mass is 10.0. The second kappa shape index (κ2) is 6.55. The fraction of sp³-hybridized carbons (Fsp3) is 0.533. The molecule has 3 heteroatoms. The van der Waals surface area contributed by atoms with Gasteiger partial charge in [0.15, 0.2) is 0 Å². The van der Waals surface area contributed by atoms with Crippen LogP contribution in [0.2, 0.25) is 0 Å². The average molecular weight is 245 g/mol. The summed E-state index contributed by atoms with van der Waals surface area (Å²) in [5, 5.41) is 3.51. The molecule has 0 bridgehead atoms. The maximum Gasteiger partial charge on any atom is 0.126 e. The Morgan fingerprint density at radius 3 is 2.78 bits per heavy atom. The molecule has 3 nitrogen and oxygen atoms in total. The van der Waals surface area contributed by atoms with E-state index < -0.39 is 0 Å². The number of aromatic nitrogens is 1. The quantitative estimate of drug-likeness (QED) is 0.827. The summed E-state index contributed by atoms with van der Waals surface area (Å²) in [5.74, 6) is 1.00. The standard InChI is InChI=1S/C15H23N3/c1-13(2)6-10-18-11-7-14(8-12-18)17-15-5-3-4-9-16-15/h3-6,9,14H,7-8,10-12H2,1-2H3,(H,16,17). The van der Waals surface area contributed by atoms with Crippen LogP contribution in [0.3, 0.4) is 0 Å². The second-order valence-electron chi connectivity index (χ2n) is 5.22. The number of nitrogens with zero attached hydrogens (tertiary/aromatic N) is 2. The van der Waals surface area contributed by atoms with E-state index in [-0.39, 0.29) is 0 Å². The molecule has 0 aliphatic carbocycles. The lowest BCUT2D eigenvalue weighted by Gasteiger charge is -2.32. The minimum absolute atomic E-state index is 0.572. The highest BCUT2D eigenvalue weighted by atomic mass is 15.1. The predicted molar refractivity (Wildman–Crippen MR) is 76.8 cm³/mol. The Balaban J connectivity index is 1.75. The van der Waals surface area contributed by atoms with Gasteiger partial charge in [0.05, 0.1) is 0 Å². The third-order valence-electron chi connectivity index (χ3n) is 3.36. The summed E-state index contributed by atoms with van der Waals surface area (Å²) in [6.45, 7) is 7.77. The van der Waals surface area contributed by atoms with E-state index in [1.54, 1.807) is 0 Å². The van der Waals surface area contributed by atoms with Crippen molar-refractivity contribution in [1.82, 2.24) is 9.88 Å². The Bertz CT molecular complexity index is 374. The van der Waals surface area contributed by atoms with Crippen molar-refractivity contribution in [2.75, 3.05) is 25.0 Å². The van der Waals surface area contributed by atoms with Gasteiger partial charge < -0.3 is 5.32 Å². The summed E-state index contributed by atoms with van der Waals surface area (Å²) in [7, 11) is 0. The first kappa shape index (κ1) is 13.1. The molecule has 1 aromatic heterocycles. The van der Waals surface area contributed by atoms with Crippen LogP contribution in [-0.2, 0) is 0 Å². The van der Waals surface area contributed by atoms with Crippen LogP contribution in [0.25, 0.3) is 0 Å². The van der Waals surface area contributed by atoms with E-state index in [2.05, 4.69) is 35.1 Å². The monoisotopic (exact) mass is 245 g/mol. The fourth-order valence-corrected chi connectivity index (χ4v) is 2.23. The van der Waals surface area contributed by atoms with Crippen LogP contribution in [-0.4, -0.2) is 35.6 Å². The van der Waals surface area contributed by atoms with E-state index in [4.69, 9.17) is 0 Å². The molecule has 1 saturated heterocycles. The van der Waals surface area contributed by atoms with Gasteiger partial charge in [-0.2, -0.15) is 0 Å². The molecular formula is C15H23N3. The van der Waals surface area contributed by atoms with Crippen LogP contribution < -0.4 is 5.32 Å². The van der Waals surface area contributed by atoms with Crippen LogP contribution in [0, 0.1) is 0 Å². The van der Waals surface area contributed by atoms with Gasteiger partial charge in [0, 0.05) is 31.9 Å². The van der Waals surface area contributed by atoms with Crippen molar-refractivity contribution in [2.24, 2.45) is 0 Å². The first-order valence-corrected chi connectivity index (χ1v) is 6.77. The fourth-order valence-electron chi connectivity index (χ4n) is 2.23. The molecule has 1 aliphatic heterocycles. The van der Waals surface area contributed by atoms with Crippen LogP contribution in [0.1, 0.15) is 26.7 Å². The molecule has 1 aliphatic rings. The lowest BCUT2D eigenvalue weighted by Crippen LogP contribution is -2.39. The first-order chi connectivity index (χ1) is 8.74. The molecule has 0 amide bonds. The van der Waals surface area contributed by atoms with Gasteiger partial charge in [0.2, 0.25) is 0 Å². The summed E-state index contributed by atoms with van der Waals surface area (Å²) in [5.41, 5.74) is 1.41. The summed E-state index contributed by atoms with van der Waals surface area (Å²) >= 11 is 0. The highest BCUT2D eigenvalue weighted by Crippen LogP contribution is 2.14. The normalized spacial score (nSPS) is 17.4. The molecule has 18 heavy (non-hydrogen) atoms. The van der Waals surface area contributed by atoms with E-state index in [0.717, 1.165) is 12.4 Å². The number of pyridine rings is 1. The SMILES string of the molecule is CC(C)=CCN1CCC(Nc2ccccn2)CC1. The molecule has 2 rings (SSSR count). The molecule has 0 radical (unpaired) electrons. The average Bonchev–Trinajstić information content (AvgIpc) is 2.39. The molecule has 1 aromatic rings. The van der Waals surface area contributed by atoms with Gasteiger partial charge in [-0.05, 0) is 38.8 Å². The first-order valence-electron chi connectivity index (χ1n) is 6.77. The lowest BCUT2D eigenvalue weighted by molar-refractivity contribution is 0.239. The summed E-state index contributed by atoms with van der Waals surface area (Å²) in [6.07, 6.45) is 6.55. The Morgan fingerprint density at radius 2 is 2.17 bits per heavy atom. The zero-order valence-electron chi connectivity index (χ0n) is 11.4. The Hall–Kier alpha value is -1.35. The molecule has 98 valence electrons. The Morgan fingerprint density at radius 1 is 1.39 bits per heavy atom. The number of hydrogen-bond donors (Lipinski definition) is 1. The van der Waals surface area contributed by atoms with Gasteiger partial charge >= 0.3 is 0 Å². The molecule has 1 fully saturated rings. The highest BCUT2D eigenvalue weighted by Gasteiger charge is 2.18. The number of likely N-dealkylation sites (tertiary alicyclic amines) is 1. The molecule has 0 aromatic carbocycles. The van der Waals surface area contributed by atoms with Crippen molar-refractivity contribution >= 4 is 5.82 Å². The van der Waals surface area contributed by atoms with Crippen molar-refractivity contribution in [3.05, 3.63) is 36.0 Å². The van der Waals surface area contributed by atoms with E-state index in [1.165, 1.54) is 31.5 Å². The minimum Gasteiger partial charge on any atom is -0.367 e. The van der Waals surface area contributed by atoms with Gasteiger partial charge in [-0.15, -0.1) is 0 Å². The minimum atomic E-state index is 0.572. The van der Waals surface area contributed by atoms with Crippen LogP contribution in [0.5, 0.6) is 0 Å². The number of piperidine rings is 1. The van der Waals surface area contributed by atoms with E-state index in [1.807, 2.05) is 24.4 Å². The van der Waals surface area contributed by atoms with Gasteiger partial charge in [-0.25, -0.2) is 4.98 Å². The van der Waals surface area contributed by atoms with Gasteiger partial charge in [0.1, 0.15) is 5.82 Å². The van der Waals surface area contributed by atoms with Crippen molar-refractivity contribution in [3.8, 4) is 0 Å². The number of anilines is 1. The Labute approximate surface area is 110 Å². The third kappa shape index (κ3) is 4.15. The highest BCUT2D eigenvalue weighted by molar-refractivity contribution is 5.34. The maximum absolute atomic E-state index is 4.32. The van der Waals surface area contributed by atoms with Crippen molar-refractivity contribution in [2.45, 2.75) is 32.7 Å². The molecule has 0 unspecified atom stereocenters. The zero-order chi connectivity index (χ0) is 12.8. The number of nitrogens with one attached hydrogen (secondary N) is 1. The summed E-state index contributed by atoms with van der Waals surface area (Å²) < 4.78 is 0. The zero-order valence-corrected chi connectivity index (χ0v) is 11.4. The van der Waals surface area contributed by atoms with Crippen molar-refractivity contribution in [3.63, 3.8) is 0 Å². The van der Waals surface area contributed by atoms with Crippen LogP contribution >= 0.6 is 0 Å². The van der Waals surface area contributed by atoms with Crippen LogP contribution in [0.4, 0.5) is 5.82 Å². The number of rotatable bonds is 4. The molecule has 0 spiro atoms. The van der Waals surface area contributed by atoms with Gasteiger partial charge in [0.25, 0.3) is 0 Å². The van der Waals surface area contributed by atoms with Crippen molar-refractivity contribution in [1.29, 1.82) is 0 Å². The third-order valence-corrected chi connectivity index (χ3v) is 3.36. The smallest absolute Gasteiger partial charge is 0.126 e. The molecule has 2 heterocycles. The maximum atomic E-state index is 4.32. The van der Waals surface area contributed by atoms with Crippen molar-refractivity contribution < 1.29 is 0 Å². The number of allylic oxidation sites excluding steroid dienone is 1. The molecular weight excluding hydrogens is 222 g/mol. The summed E-state index contributed by atoms with van der Waals surface area (Å²) in [6, 6.07) is 6.59. The van der Waals surface area contributed by atoms with Crippen LogP contribution in [0.15, 0.2) is 36.0 Å². The van der Waals surface area contributed by atoms with E-state index in [9.17, 15) is 0 Å². The predicted octanol–water partition coefficient (Wildman–Crippen LogP) is 2.92. The number of hydrogen-bond acceptors (Lipinski definition) is 3. The molecule has 0 atom stereocenters. The second-order valence-corrected chi connectivity index (χ2v) is 5.22. The van der Waals surface area contributed by atoms with E-state index in [0.29, 0.717) is 6.04 Å². The van der Waals surface area contributed by atoms with Gasteiger partial charge in [-0.3, -0.25) is 4.90 Å². The van der Waals surface area contributed by atoms with Gasteiger partial charge in [-0.1, -0.05) is 17.7 Å². The largest absolute Gasteiger partial charge is 0.367 e. The molecule has 1 N–H and O–H groups in total. The topological polar surface area (TPSA) is 28.2 Å². The summed E-state index contributed by atoms with van der Waals surface area (Å²) in [4.78, 5) is 6.83. The van der Waals surface area contributed by atoms with E-state index >= 15 is 0 Å².